The highest BCUT2D eigenvalue weighted by atomic mass is 79.9. The molecule has 1 heterocycles. The average Bonchev–Trinajstić information content (AvgIpc) is 2.89. The molecule has 1 aliphatic carbocycles. The van der Waals surface area contributed by atoms with Gasteiger partial charge in [0.15, 0.2) is 0 Å². The summed E-state index contributed by atoms with van der Waals surface area (Å²) in [5.74, 6) is -0.0114. The van der Waals surface area contributed by atoms with Crippen molar-refractivity contribution in [2.75, 3.05) is 0 Å². The fourth-order valence-electron chi connectivity index (χ4n) is 2.54. The maximum Gasteiger partial charge on any atom is 0.251 e. The third kappa shape index (κ3) is 2.63. The van der Waals surface area contributed by atoms with Crippen molar-refractivity contribution in [2.45, 2.75) is 32.2 Å². The van der Waals surface area contributed by atoms with Gasteiger partial charge in [-0.25, -0.2) is 0 Å². The Hall–Kier alpha value is -1.62. The Morgan fingerprint density at radius 2 is 2.35 bits per heavy atom. The van der Waals surface area contributed by atoms with Crippen molar-refractivity contribution in [3.8, 4) is 0 Å². The molecule has 2 N–H and O–H groups in total. The average molecular weight is 334 g/mol. The monoisotopic (exact) mass is 333 g/mol. The van der Waals surface area contributed by atoms with Crippen LogP contribution in [0.4, 0.5) is 0 Å². The second-order valence-electron chi connectivity index (χ2n) is 5.25. The number of benzene rings is 1. The minimum atomic E-state index is -0.0114. The summed E-state index contributed by atoms with van der Waals surface area (Å²) in [6, 6.07) is 5.87. The predicted molar refractivity (Wildman–Crippen MR) is 80.7 cm³/mol. The van der Waals surface area contributed by atoms with Crippen LogP contribution in [0.3, 0.4) is 0 Å². The molecule has 0 bridgehead atoms. The molecule has 1 aliphatic rings. The topological polar surface area (TPSA) is 57.8 Å². The van der Waals surface area contributed by atoms with E-state index in [2.05, 4.69) is 31.4 Å². The van der Waals surface area contributed by atoms with Gasteiger partial charge in [0.1, 0.15) is 0 Å². The van der Waals surface area contributed by atoms with Gasteiger partial charge in [-0.3, -0.25) is 9.89 Å². The van der Waals surface area contributed by atoms with E-state index in [1.807, 2.05) is 31.3 Å². The molecule has 104 valence electrons. The van der Waals surface area contributed by atoms with E-state index in [4.69, 9.17) is 0 Å². The molecular weight excluding hydrogens is 318 g/mol. The van der Waals surface area contributed by atoms with Crippen molar-refractivity contribution < 1.29 is 4.79 Å². The zero-order valence-electron chi connectivity index (χ0n) is 11.2. The molecule has 1 amide bonds. The number of fused-ring (bicyclic) bond motifs is 1. The molecule has 4 nitrogen and oxygen atoms in total. The lowest BCUT2D eigenvalue weighted by Crippen LogP contribution is -2.38. The first-order valence-corrected chi connectivity index (χ1v) is 7.51. The van der Waals surface area contributed by atoms with Crippen molar-refractivity contribution in [1.82, 2.24) is 15.5 Å². The largest absolute Gasteiger partial charge is 0.349 e. The first-order chi connectivity index (χ1) is 9.63. The summed E-state index contributed by atoms with van der Waals surface area (Å²) in [7, 11) is 0. The summed E-state index contributed by atoms with van der Waals surface area (Å²) in [4.78, 5) is 12.3. The molecule has 2 aromatic rings. The molecule has 0 saturated heterocycles. The van der Waals surface area contributed by atoms with Crippen LogP contribution in [0.2, 0.25) is 0 Å². The van der Waals surface area contributed by atoms with Crippen LogP contribution in [0.25, 0.3) is 0 Å². The molecule has 0 spiro atoms. The number of hydrogen-bond acceptors (Lipinski definition) is 2. The van der Waals surface area contributed by atoms with Gasteiger partial charge in [-0.05, 0) is 49.4 Å². The molecule has 5 heteroatoms. The number of aryl methyl sites for hydroxylation is 2. The summed E-state index contributed by atoms with van der Waals surface area (Å²) < 4.78 is 0.964. The Morgan fingerprint density at radius 3 is 3.15 bits per heavy atom. The minimum absolute atomic E-state index is 0.0114. The molecule has 0 radical (unpaired) electrons. The van der Waals surface area contributed by atoms with Crippen molar-refractivity contribution in [3.05, 3.63) is 51.3 Å². The number of nitrogens with one attached hydrogen (secondary N) is 2. The van der Waals surface area contributed by atoms with Gasteiger partial charge < -0.3 is 5.32 Å². The third-order valence-corrected chi connectivity index (χ3v) is 4.64. The number of halogens is 1. The van der Waals surface area contributed by atoms with Gasteiger partial charge >= 0.3 is 0 Å². The Labute approximate surface area is 126 Å². The fourth-order valence-corrected chi connectivity index (χ4v) is 2.92. The molecule has 0 fully saturated rings. The van der Waals surface area contributed by atoms with E-state index in [1.54, 1.807) is 0 Å². The number of nitrogens with zero attached hydrogens (tertiary/aromatic N) is 1. The highest BCUT2D eigenvalue weighted by molar-refractivity contribution is 9.10. The van der Waals surface area contributed by atoms with E-state index in [0.717, 1.165) is 29.3 Å². The highest BCUT2D eigenvalue weighted by Gasteiger charge is 2.22. The van der Waals surface area contributed by atoms with E-state index >= 15 is 0 Å². The quantitative estimate of drug-likeness (QED) is 0.887. The predicted octanol–water partition coefficient (Wildman–Crippen LogP) is 2.77. The second kappa shape index (κ2) is 5.40. The molecule has 0 aliphatic heterocycles. The Balaban J connectivity index is 1.69. The summed E-state index contributed by atoms with van der Waals surface area (Å²) in [6.45, 7) is 2.01. The van der Waals surface area contributed by atoms with Crippen LogP contribution < -0.4 is 5.32 Å². The van der Waals surface area contributed by atoms with Crippen molar-refractivity contribution in [3.63, 3.8) is 0 Å². The zero-order chi connectivity index (χ0) is 14.1. The Bertz CT molecular complexity index is 650. The SMILES string of the molecule is Cc1ccc(C(=O)NC2CCc3[nH]ncc3C2)cc1Br. The molecule has 20 heavy (non-hydrogen) atoms. The van der Waals surface area contributed by atoms with E-state index in [-0.39, 0.29) is 11.9 Å². The van der Waals surface area contributed by atoms with Crippen LogP contribution in [0.1, 0.15) is 33.6 Å². The molecule has 1 atom stereocenters. The first-order valence-electron chi connectivity index (χ1n) is 6.71. The number of aromatic nitrogens is 2. The number of H-pyrrole nitrogens is 1. The van der Waals surface area contributed by atoms with Crippen LogP contribution in [0.5, 0.6) is 0 Å². The van der Waals surface area contributed by atoms with Gasteiger partial charge in [-0.15, -0.1) is 0 Å². The van der Waals surface area contributed by atoms with Gasteiger partial charge in [0.25, 0.3) is 5.91 Å². The maximum absolute atomic E-state index is 12.3. The number of amides is 1. The lowest BCUT2D eigenvalue weighted by atomic mass is 9.93. The van der Waals surface area contributed by atoms with Crippen molar-refractivity contribution in [1.29, 1.82) is 0 Å². The van der Waals surface area contributed by atoms with Crippen LogP contribution in [-0.2, 0) is 12.8 Å². The maximum atomic E-state index is 12.3. The van der Waals surface area contributed by atoms with Gasteiger partial charge in [0, 0.05) is 21.8 Å². The molecule has 1 aromatic carbocycles. The summed E-state index contributed by atoms with van der Waals surface area (Å²) in [6.07, 6.45) is 4.60. The summed E-state index contributed by atoms with van der Waals surface area (Å²) in [5, 5.41) is 10.2. The highest BCUT2D eigenvalue weighted by Crippen LogP contribution is 2.20. The van der Waals surface area contributed by atoms with Gasteiger partial charge in [-0.2, -0.15) is 5.10 Å². The van der Waals surface area contributed by atoms with Crippen LogP contribution in [0, 0.1) is 6.92 Å². The third-order valence-electron chi connectivity index (χ3n) is 3.79. The minimum Gasteiger partial charge on any atom is -0.349 e. The lowest BCUT2D eigenvalue weighted by Gasteiger charge is -2.22. The van der Waals surface area contributed by atoms with E-state index < -0.39 is 0 Å². The van der Waals surface area contributed by atoms with Gasteiger partial charge in [0.2, 0.25) is 0 Å². The number of rotatable bonds is 2. The number of aromatic amines is 1. The smallest absolute Gasteiger partial charge is 0.251 e. The lowest BCUT2D eigenvalue weighted by molar-refractivity contribution is 0.0933. The van der Waals surface area contributed by atoms with Crippen LogP contribution in [-0.4, -0.2) is 22.1 Å². The first kappa shape index (κ1) is 13.4. The van der Waals surface area contributed by atoms with Gasteiger partial charge in [-0.1, -0.05) is 22.0 Å². The molecule has 3 rings (SSSR count). The zero-order valence-corrected chi connectivity index (χ0v) is 12.8. The summed E-state index contributed by atoms with van der Waals surface area (Å²) in [5.41, 5.74) is 4.24. The standard InChI is InChI=1S/C15H16BrN3O/c1-9-2-3-10(7-13(9)16)15(20)18-12-4-5-14-11(6-12)8-17-19-14/h2-3,7-8,12H,4-6H2,1H3,(H,17,19)(H,18,20). The number of carbonyl (C=O) groups is 1. The number of hydrogen-bond donors (Lipinski definition) is 2. The summed E-state index contributed by atoms with van der Waals surface area (Å²) >= 11 is 3.46. The number of carbonyl (C=O) groups excluding carboxylic acids is 1. The molecule has 1 aromatic heterocycles. The normalized spacial score (nSPS) is 17.6. The Kier molecular flexibility index (Phi) is 3.61. The fraction of sp³-hybridized carbons (Fsp3) is 0.333. The van der Waals surface area contributed by atoms with Gasteiger partial charge in [0.05, 0.1) is 6.20 Å². The van der Waals surface area contributed by atoms with Crippen LogP contribution in [0.15, 0.2) is 28.9 Å². The Morgan fingerprint density at radius 1 is 1.50 bits per heavy atom. The molecule has 1 unspecified atom stereocenters. The van der Waals surface area contributed by atoms with E-state index in [1.165, 1.54) is 11.3 Å². The van der Waals surface area contributed by atoms with Crippen LogP contribution >= 0.6 is 15.9 Å². The van der Waals surface area contributed by atoms with Crippen molar-refractivity contribution in [2.24, 2.45) is 0 Å². The van der Waals surface area contributed by atoms with E-state index in [0.29, 0.717) is 5.56 Å². The van der Waals surface area contributed by atoms with Crippen molar-refractivity contribution >= 4 is 21.8 Å². The molecule has 0 saturated carbocycles. The second-order valence-corrected chi connectivity index (χ2v) is 6.11. The molecular formula is C15H16BrN3O. The van der Waals surface area contributed by atoms with E-state index in [9.17, 15) is 4.79 Å².